The summed E-state index contributed by atoms with van der Waals surface area (Å²) in [6.45, 7) is 9.16. The molecule has 0 aromatic rings. The Morgan fingerprint density at radius 2 is 1.79 bits per heavy atom. The summed E-state index contributed by atoms with van der Waals surface area (Å²) >= 11 is 0. The van der Waals surface area contributed by atoms with Gasteiger partial charge in [-0.1, -0.05) is 35.6 Å². The molecule has 0 radical (unpaired) electrons. The van der Waals surface area contributed by atoms with Crippen LogP contribution in [0, 0.1) is 10.8 Å². The highest BCUT2D eigenvalue weighted by Gasteiger charge is 2.41. The summed E-state index contributed by atoms with van der Waals surface area (Å²) < 4.78 is 15.1. The largest absolute Gasteiger partial charge is 0.453 e. The lowest BCUT2D eigenvalue weighted by Gasteiger charge is -2.47. The molecule has 0 saturated heterocycles. The number of ether oxygens (including phenoxy) is 3. The average Bonchev–Trinajstić information content (AvgIpc) is 2.42. The molecule has 1 rings (SSSR count). The highest BCUT2D eigenvalue weighted by atomic mass is 16.5. The summed E-state index contributed by atoms with van der Waals surface area (Å²) in [7, 11) is 3.06. The first-order valence-electron chi connectivity index (χ1n) is 7.92. The van der Waals surface area contributed by atoms with Crippen LogP contribution in [0.1, 0.15) is 54.9 Å². The topological polar surface area (TPSA) is 68.8 Å². The predicted molar refractivity (Wildman–Crippen MR) is 99.2 cm³/mol. The molecule has 0 heterocycles. The molecule has 0 spiro atoms. The normalized spacial score (nSPS) is 25.1. The molecule has 2 unspecified atom stereocenters. The summed E-state index contributed by atoms with van der Waals surface area (Å²) in [5.74, 6) is 0. The van der Waals surface area contributed by atoms with Gasteiger partial charge < -0.3 is 19.5 Å². The first-order chi connectivity index (χ1) is 10.3. The number of hydrogen-bond donors (Lipinski definition) is 2. The van der Waals surface area contributed by atoms with Gasteiger partial charge in [-0.2, -0.15) is 0 Å². The molecule has 0 aromatic carbocycles. The fraction of sp³-hybridized carbons (Fsp3) is 0.944. The second kappa shape index (κ2) is 11.7. The monoisotopic (exact) mass is 348 g/mol. The van der Waals surface area contributed by atoms with Gasteiger partial charge in [0.25, 0.3) is 0 Å². The average molecular weight is 349 g/mol. The maximum Gasteiger partial charge on any atom is 0.406 e. The second-order valence-corrected chi connectivity index (χ2v) is 7.35. The van der Waals surface area contributed by atoms with E-state index in [1.807, 2.05) is 0 Å². The van der Waals surface area contributed by atoms with E-state index in [0.29, 0.717) is 32.5 Å². The Morgan fingerprint density at radius 1 is 1.12 bits per heavy atom. The van der Waals surface area contributed by atoms with E-state index in [-0.39, 0.29) is 31.8 Å². The van der Waals surface area contributed by atoms with Gasteiger partial charge in [0, 0.05) is 19.7 Å². The zero-order chi connectivity index (χ0) is 16.6. The molecule has 0 aliphatic heterocycles. The molecule has 146 valence electrons. The number of nitrogens with one attached hydrogen (secondary N) is 2. The summed E-state index contributed by atoms with van der Waals surface area (Å²) in [5.41, 5.74) is 0.287. The van der Waals surface area contributed by atoms with Gasteiger partial charge in [0.15, 0.2) is 0 Å². The summed E-state index contributed by atoms with van der Waals surface area (Å²) in [6, 6.07) is 0.385. The van der Waals surface area contributed by atoms with Crippen molar-refractivity contribution in [2.24, 2.45) is 10.8 Å². The molecule has 0 bridgehead atoms. The molecule has 2 atom stereocenters. The summed E-state index contributed by atoms with van der Waals surface area (Å²) in [4.78, 5) is 11.3. The number of alkyl carbamates (subject to hydrolysis) is 1. The summed E-state index contributed by atoms with van der Waals surface area (Å²) in [5, 5.41) is 6.32. The van der Waals surface area contributed by atoms with Crippen LogP contribution in [-0.2, 0) is 14.2 Å². The van der Waals surface area contributed by atoms with Crippen LogP contribution >= 0.6 is 0 Å². The van der Waals surface area contributed by atoms with E-state index in [1.54, 1.807) is 7.11 Å². The minimum absolute atomic E-state index is 0. The number of hydrogen-bond acceptors (Lipinski definition) is 5. The maximum absolute atomic E-state index is 11.3. The van der Waals surface area contributed by atoms with Crippen molar-refractivity contribution >= 4 is 6.09 Å². The Hall–Kier alpha value is -0.850. The van der Waals surface area contributed by atoms with E-state index in [0.717, 1.165) is 19.3 Å². The van der Waals surface area contributed by atoms with Crippen LogP contribution in [0.2, 0.25) is 0 Å². The van der Waals surface area contributed by atoms with Crippen molar-refractivity contribution in [2.75, 3.05) is 40.7 Å². The summed E-state index contributed by atoms with van der Waals surface area (Å²) in [6.07, 6.45) is 2.83. The first kappa shape index (κ1) is 25.4. The molecule has 1 aliphatic rings. The predicted octanol–water partition coefficient (Wildman–Crippen LogP) is 3.41. The third kappa shape index (κ3) is 9.45. The molecule has 2 N–H and O–H groups in total. The molecular formula is C18H40N2O4. The Morgan fingerprint density at radius 3 is 2.38 bits per heavy atom. The van der Waals surface area contributed by atoms with Crippen LogP contribution < -0.4 is 10.6 Å². The highest BCUT2D eigenvalue weighted by molar-refractivity contribution is 5.66. The quantitative estimate of drug-likeness (QED) is 0.520. The smallest absolute Gasteiger partial charge is 0.406 e. The Kier molecular flexibility index (Phi) is 12.3. The number of amides is 1. The van der Waals surface area contributed by atoms with Crippen molar-refractivity contribution in [3.05, 3.63) is 0 Å². The van der Waals surface area contributed by atoms with E-state index in [9.17, 15) is 4.79 Å². The molecule has 0 aromatic heterocycles. The van der Waals surface area contributed by atoms with E-state index in [2.05, 4.69) is 36.1 Å². The van der Waals surface area contributed by atoms with E-state index < -0.39 is 0 Å². The highest BCUT2D eigenvalue weighted by Crippen LogP contribution is 2.45. The second-order valence-electron chi connectivity index (χ2n) is 7.35. The third-order valence-electron chi connectivity index (χ3n) is 4.19. The first-order valence-corrected chi connectivity index (χ1v) is 7.92. The molecule has 1 amide bonds. The minimum Gasteiger partial charge on any atom is -0.453 e. The Labute approximate surface area is 149 Å². The van der Waals surface area contributed by atoms with Crippen LogP contribution in [0.3, 0.4) is 0 Å². The lowest BCUT2D eigenvalue weighted by Crippen LogP contribution is -2.49. The standard InChI is InChI=1S/C16H32N2O4.2CH4/c1-15(2)8-13(18-12-22-7-6-20-4)9-16(3,10-15)11-17-14(19)21-5;;/h13,18H,6-12H2,1-5H3,(H,17,19);2*1H4. The van der Waals surface area contributed by atoms with Gasteiger partial charge in [0.1, 0.15) is 0 Å². The van der Waals surface area contributed by atoms with Gasteiger partial charge in [-0.05, 0) is 30.1 Å². The number of rotatable bonds is 8. The van der Waals surface area contributed by atoms with Crippen molar-refractivity contribution < 1.29 is 19.0 Å². The molecular weight excluding hydrogens is 308 g/mol. The lowest BCUT2D eigenvalue weighted by atomic mass is 9.62. The van der Waals surface area contributed by atoms with Crippen molar-refractivity contribution in [1.29, 1.82) is 0 Å². The van der Waals surface area contributed by atoms with Crippen molar-refractivity contribution in [2.45, 2.75) is 60.9 Å². The number of carbonyl (C=O) groups excluding carboxylic acids is 1. The van der Waals surface area contributed by atoms with Gasteiger partial charge in [-0.15, -0.1) is 0 Å². The van der Waals surface area contributed by atoms with Crippen LogP contribution in [-0.4, -0.2) is 52.8 Å². The maximum atomic E-state index is 11.3. The van der Waals surface area contributed by atoms with Gasteiger partial charge in [-0.25, -0.2) is 4.79 Å². The molecule has 6 nitrogen and oxygen atoms in total. The van der Waals surface area contributed by atoms with Gasteiger partial charge in [-0.3, -0.25) is 5.32 Å². The fourth-order valence-electron chi connectivity index (χ4n) is 3.66. The lowest BCUT2D eigenvalue weighted by molar-refractivity contribution is 0.0276. The number of methoxy groups -OCH3 is 2. The van der Waals surface area contributed by atoms with Gasteiger partial charge >= 0.3 is 6.09 Å². The fourth-order valence-corrected chi connectivity index (χ4v) is 3.66. The van der Waals surface area contributed by atoms with Crippen molar-refractivity contribution in [1.82, 2.24) is 10.6 Å². The van der Waals surface area contributed by atoms with Crippen LogP contribution in [0.5, 0.6) is 0 Å². The number of carbonyl (C=O) groups is 1. The zero-order valence-corrected chi connectivity index (χ0v) is 14.7. The van der Waals surface area contributed by atoms with Crippen LogP contribution in [0.25, 0.3) is 0 Å². The molecule has 1 fully saturated rings. The van der Waals surface area contributed by atoms with Crippen molar-refractivity contribution in [3.8, 4) is 0 Å². The van der Waals surface area contributed by atoms with Crippen molar-refractivity contribution in [3.63, 3.8) is 0 Å². The third-order valence-corrected chi connectivity index (χ3v) is 4.19. The Balaban J connectivity index is 0. The molecule has 1 saturated carbocycles. The van der Waals surface area contributed by atoms with Crippen LogP contribution in [0.15, 0.2) is 0 Å². The van der Waals surface area contributed by atoms with Gasteiger partial charge in [0.05, 0.1) is 27.1 Å². The van der Waals surface area contributed by atoms with Gasteiger partial charge in [0.2, 0.25) is 0 Å². The van der Waals surface area contributed by atoms with E-state index in [4.69, 9.17) is 9.47 Å². The minimum atomic E-state index is -0.364. The molecule has 24 heavy (non-hydrogen) atoms. The molecule has 1 aliphatic carbocycles. The zero-order valence-electron chi connectivity index (χ0n) is 14.7. The SMILES string of the molecule is C.C.COCCOCNC1CC(C)(C)CC(C)(CNC(=O)OC)C1. The molecule has 6 heteroatoms. The Bertz CT molecular complexity index is 350. The van der Waals surface area contributed by atoms with Crippen LogP contribution in [0.4, 0.5) is 4.79 Å². The van der Waals surface area contributed by atoms with E-state index in [1.165, 1.54) is 7.11 Å². The van der Waals surface area contributed by atoms with E-state index >= 15 is 0 Å².